The SMILES string of the molecule is O=S(=O)(O)CCS(=O)(=O)O.[CaH2]. The summed E-state index contributed by atoms with van der Waals surface area (Å²) in [4.78, 5) is 0. The Morgan fingerprint density at radius 2 is 1.00 bits per heavy atom. The van der Waals surface area contributed by atoms with Gasteiger partial charge in [0.25, 0.3) is 20.2 Å². The molecule has 0 aromatic carbocycles. The molecule has 0 rings (SSSR count). The molecule has 0 saturated heterocycles. The maximum atomic E-state index is 9.86. The Labute approximate surface area is 94.5 Å². The van der Waals surface area contributed by atoms with Gasteiger partial charge in [-0.1, -0.05) is 0 Å². The molecule has 11 heavy (non-hydrogen) atoms. The maximum absolute atomic E-state index is 9.86. The molecule has 0 radical (unpaired) electrons. The topological polar surface area (TPSA) is 109 Å². The van der Waals surface area contributed by atoms with E-state index in [0.29, 0.717) is 0 Å². The standard InChI is InChI=1S/C2H6O6S2.Ca.2H/c3-9(4,5)1-2-10(6,7)8;;;/h1-2H2,(H,3,4,5)(H,6,7,8);;;. The van der Waals surface area contributed by atoms with Gasteiger partial charge in [-0.15, -0.1) is 0 Å². The molecule has 0 heterocycles. The molecule has 6 nitrogen and oxygen atoms in total. The average Bonchev–Trinajstić information content (AvgIpc) is 1.57. The molecule has 0 saturated carbocycles. The molecule has 0 amide bonds. The monoisotopic (exact) mass is 232 g/mol. The van der Waals surface area contributed by atoms with Crippen LogP contribution < -0.4 is 0 Å². The molecular weight excluding hydrogens is 224 g/mol. The molecule has 0 aliphatic rings. The van der Waals surface area contributed by atoms with E-state index in [1.54, 1.807) is 0 Å². The fourth-order valence-corrected chi connectivity index (χ4v) is 1.90. The van der Waals surface area contributed by atoms with Crippen LogP contribution in [0.2, 0.25) is 0 Å². The quantitative estimate of drug-likeness (QED) is 0.424. The van der Waals surface area contributed by atoms with E-state index in [1.807, 2.05) is 0 Å². The Kier molecular flexibility index (Phi) is 6.57. The Balaban J connectivity index is 0. The van der Waals surface area contributed by atoms with E-state index < -0.39 is 31.7 Å². The van der Waals surface area contributed by atoms with E-state index in [-0.39, 0.29) is 37.7 Å². The van der Waals surface area contributed by atoms with E-state index in [9.17, 15) is 16.8 Å². The number of hydrogen-bond donors (Lipinski definition) is 2. The van der Waals surface area contributed by atoms with E-state index >= 15 is 0 Å². The Morgan fingerprint density at radius 1 is 0.818 bits per heavy atom. The summed E-state index contributed by atoms with van der Waals surface area (Å²) in [5, 5.41) is 0. The van der Waals surface area contributed by atoms with E-state index in [1.165, 1.54) is 0 Å². The molecule has 66 valence electrons. The molecule has 0 atom stereocenters. The van der Waals surface area contributed by atoms with Crippen LogP contribution in [0, 0.1) is 0 Å². The third-order valence-corrected chi connectivity index (χ3v) is 2.30. The fraction of sp³-hybridized carbons (Fsp3) is 1.00. The van der Waals surface area contributed by atoms with Crippen LogP contribution in [0.25, 0.3) is 0 Å². The van der Waals surface area contributed by atoms with Gasteiger partial charge >= 0.3 is 37.7 Å². The molecule has 9 heteroatoms. The van der Waals surface area contributed by atoms with Gasteiger partial charge in [0.15, 0.2) is 0 Å². The van der Waals surface area contributed by atoms with Gasteiger partial charge in [-0.3, -0.25) is 9.11 Å². The van der Waals surface area contributed by atoms with E-state index in [4.69, 9.17) is 9.11 Å². The molecule has 0 unspecified atom stereocenters. The van der Waals surface area contributed by atoms with Gasteiger partial charge in [0, 0.05) is 0 Å². The second kappa shape index (κ2) is 4.95. The van der Waals surface area contributed by atoms with Crippen LogP contribution in [0.3, 0.4) is 0 Å². The molecule has 0 bridgehead atoms. The van der Waals surface area contributed by atoms with Gasteiger partial charge in [0.05, 0.1) is 11.5 Å². The molecule has 0 aromatic rings. The van der Waals surface area contributed by atoms with E-state index in [2.05, 4.69) is 0 Å². The van der Waals surface area contributed by atoms with Crippen molar-refractivity contribution in [1.82, 2.24) is 0 Å². The van der Waals surface area contributed by atoms with Crippen molar-refractivity contribution >= 4 is 58.0 Å². The molecule has 2 N–H and O–H groups in total. The third kappa shape index (κ3) is 14.0. The van der Waals surface area contributed by atoms with Gasteiger partial charge < -0.3 is 0 Å². The number of rotatable bonds is 3. The summed E-state index contributed by atoms with van der Waals surface area (Å²) in [6.45, 7) is 0. The summed E-state index contributed by atoms with van der Waals surface area (Å²) >= 11 is 0. The van der Waals surface area contributed by atoms with Crippen LogP contribution in [0.1, 0.15) is 0 Å². The Morgan fingerprint density at radius 3 is 1.09 bits per heavy atom. The predicted molar refractivity (Wildman–Crippen MR) is 41.4 cm³/mol. The van der Waals surface area contributed by atoms with Crippen LogP contribution in [-0.2, 0) is 20.2 Å². The average molecular weight is 232 g/mol. The van der Waals surface area contributed by atoms with Crippen molar-refractivity contribution in [3.63, 3.8) is 0 Å². The predicted octanol–water partition coefficient (Wildman–Crippen LogP) is -2.15. The summed E-state index contributed by atoms with van der Waals surface area (Å²) in [6.07, 6.45) is 0. The summed E-state index contributed by atoms with van der Waals surface area (Å²) in [6, 6.07) is 0. The van der Waals surface area contributed by atoms with Crippen LogP contribution in [0.4, 0.5) is 0 Å². The second-order valence-corrected chi connectivity index (χ2v) is 4.72. The van der Waals surface area contributed by atoms with Crippen LogP contribution >= 0.6 is 0 Å². The molecule has 0 spiro atoms. The normalized spacial score (nSPS) is 12.2. The van der Waals surface area contributed by atoms with Gasteiger partial charge in [-0.25, -0.2) is 0 Å². The third-order valence-electron chi connectivity index (χ3n) is 0.599. The minimum absolute atomic E-state index is 0. The second-order valence-electron chi connectivity index (χ2n) is 1.57. The Bertz CT molecular complexity index is 255. The summed E-state index contributed by atoms with van der Waals surface area (Å²) in [5.74, 6) is -1.96. The van der Waals surface area contributed by atoms with Crippen molar-refractivity contribution < 1.29 is 25.9 Å². The van der Waals surface area contributed by atoms with Gasteiger partial charge in [-0.2, -0.15) is 16.8 Å². The van der Waals surface area contributed by atoms with Crippen LogP contribution in [0.5, 0.6) is 0 Å². The first-order valence-corrected chi connectivity index (χ1v) is 5.33. The van der Waals surface area contributed by atoms with Crippen LogP contribution in [-0.4, -0.2) is 75.2 Å². The molecule has 0 aliphatic carbocycles. The van der Waals surface area contributed by atoms with Gasteiger partial charge in [-0.05, 0) is 0 Å². The van der Waals surface area contributed by atoms with Crippen molar-refractivity contribution in [3.05, 3.63) is 0 Å². The zero-order valence-corrected chi connectivity index (χ0v) is 6.39. The minimum atomic E-state index is -4.30. The zero-order valence-electron chi connectivity index (χ0n) is 4.76. The van der Waals surface area contributed by atoms with Crippen LogP contribution in [0.15, 0.2) is 0 Å². The first-order valence-electron chi connectivity index (χ1n) is 2.11. The fourth-order valence-electron chi connectivity index (χ4n) is 0.211. The summed E-state index contributed by atoms with van der Waals surface area (Å²) in [5.41, 5.74) is 0. The summed E-state index contributed by atoms with van der Waals surface area (Å²) < 4.78 is 55.4. The first kappa shape index (κ1) is 14.6. The van der Waals surface area contributed by atoms with Gasteiger partial charge in [0.1, 0.15) is 0 Å². The van der Waals surface area contributed by atoms with Crippen molar-refractivity contribution in [2.75, 3.05) is 11.5 Å². The first-order chi connectivity index (χ1) is 4.21. The molecule has 0 aromatic heterocycles. The summed E-state index contributed by atoms with van der Waals surface area (Å²) in [7, 11) is -8.59. The van der Waals surface area contributed by atoms with Crippen molar-refractivity contribution in [1.29, 1.82) is 0 Å². The molecular formula is C2H8CaO6S2. The molecule has 0 aliphatic heterocycles. The van der Waals surface area contributed by atoms with Gasteiger partial charge in [0.2, 0.25) is 0 Å². The zero-order chi connectivity index (χ0) is 8.41. The van der Waals surface area contributed by atoms with Crippen molar-refractivity contribution in [2.24, 2.45) is 0 Å². The Hall–Kier alpha value is 1.08. The number of hydrogen-bond acceptors (Lipinski definition) is 4. The van der Waals surface area contributed by atoms with Crippen molar-refractivity contribution in [2.45, 2.75) is 0 Å². The molecule has 0 fully saturated rings. The van der Waals surface area contributed by atoms with E-state index in [0.717, 1.165) is 0 Å². The van der Waals surface area contributed by atoms with Crippen molar-refractivity contribution in [3.8, 4) is 0 Å².